The minimum atomic E-state index is -0.446. The lowest BCUT2D eigenvalue weighted by Crippen LogP contribution is -2.22. The molecule has 7 heteroatoms. The van der Waals surface area contributed by atoms with Crippen molar-refractivity contribution in [2.75, 3.05) is 17.2 Å². The lowest BCUT2D eigenvalue weighted by atomic mass is 10.3. The van der Waals surface area contributed by atoms with E-state index in [0.717, 1.165) is 6.07 Å². The Labute approximate surface area is 136 Å². The Bertz CT molecular complexity index is 659. The van der Waals surface area contributed by atoms with Crippen LogP contribution in [0, 0.1) is 5.82 Å². The molecular formula is C14H10Cl3FN2O. The standard InChI is InChI=1S/C14H10Cl3FN2O/c15-9-2-1-3-10(16)14(9)20-13(21)7-19-12-5-4-8(18)6-11(12)17/h1-6,19H,7H2,(H,20,21). The number of para-hydroxylation sites is 1. The number of nitrogens with one attached hydrogen (secondary N) is 2. The van der Waals surface area contributed by atoms with Gasteiger partial charge in [0.15, 0.2) is 0 Å². The number of carbonyl (C=O) groups excluding carboxylic acids is 1. The van der Waals surface area contributed by atoms with Gasteiger partial charge >= 0.3 is 0 Å². The summed E-state index contributed by atoms with van der Waals surface area (Å²) in [6.07, 6.45) is 0. The average molecular weight is 348 g/mol. The molecule has 3 nitrogen and oxygen atoms in total. The molecule has 21 heavy (non-hydrogen) atoms. The monoisotopic (exact) mass is 346 g/mol. The highest BCUT2D eigenvalue weighted by molar-refractivity contribution is 6.39. The fourth-order valence-corrected chi connectivity index (χ4v) is 2.34. The van der Waals surface area contributed by atoms with E-state index in [1.807, 2.05) is 0 Å². The van der Waals surface area contributed by atoms with Crippen LogP contribution in [0.4, 0.5) is 15.8 Å². The van der Waals surface area contributed by atoms with Gasteiger partial charge in [0.1, 0.15) is 5.82 Å². The van der Waals surface area contributed by atoms with Crippen LogP contribution >= 0.6 is 34.8 Å². The first-order chi connectivity index (χ1) is 9.97. The minimum absolute atomic E-state index is 0.0626. The second-order valence-electron chi connectivity index (χ2n) is 4.12. The maximum Gasteiger partial charge on any atom is 0.243 e. The van der Waals surface area contributed by atoms with Crippen molar-refractivity contribution in [1.29, 1.82) is 0 Å². The number of rotatable bonds is 4. The topological polar surface area (TPSA) is 41.1 Å². The van der Waals surface area contributed by atoms with Crippen LogP contribution in [0.3, 0.4) is 0 Å². The summed E-state index contributed by atoms with van der Waals surface area (Å²) >= 11 is 17.7. The van der Waals surface area contributed by atoms with Gasteiger partial charge in [-0.25, -0.2) is 4.39 Å². The Morgan fingerprint density at radius 2 is 1.71 bits per heavy atom. The summed E-state index contributed by atoms with van der Waals surface area (Å²) in [4.78, 5) is 11.9. The van der Waals surface area contributed by atoms with Crippen molar-refractivity contribution in [3.8, 4) is 0 Å². The van der Waals surface area contributed by atoms with Crippen LogP contribution < -0.4 is 10.6 Å². The number of anilines is 2. The molecule has 0 bridgehead atoms. The molecule has 2 aromatic rings. The molecule has 0 aromatic heterocycles. The number of hydrogen-bond donors (Lipinski definition) is 2. The molecule has 0 saturated carbocycles. The van der Waals surface area contributed by atoms with Gasteiger partial charge in [-0.2, -0.15) is 0 Å². The van der Waals surface area contributed by atoms with E-state index in [0.29, 0.717) is 21.4 Å². The lowest BCUT2D eigenvalue weighted by Gasteiger charge is -2.11. The second kappa shape index (κ2) is 6.98. The molecule has 0 radical (unpaired) electrons. The molecule has 0 aliphatic rings. The van der Waals surface area contributed by atoms with Crippen molar-refractivity contribution in [3.63, 3.8) is 0 Å². The number of carbonyl (C=O) groups is 1. The zero-order chi connectivity index (χ0) is 15.4. The molecule has 0 aliphatic heterocycles. The van der Waals surface area contributed by atoms with Crippen molar-refractivity contribution >= 4 is 52.1 Å². The van der Waals surface area contributed by atoms with Crippen molar-refractivity contribution in [2.24, 2.45) is 0 Å². The molecule has 2 rings (SSSR count). The molecule has 0 spiro atoms. The molecule has 0 atom stereocenters. The molecule has 0 heterocycles. The first-order valence-electron chi connectivity index (χ1n) is 5.90. The third-order valence-corrected chi connectivity index (χ3v) is 3.54. The summed E-state index contributed by atoms with van der Waals surface area (Å²) in [7, 11) is 0. The average Bonchev–Trinajstić information content (AvgIpc) is 2.42. The highest BCUT2D eigenvalue weighted by atomic mass is 35.5. The van der Waals surface area contributed by atoms with E-state index in [9.17, 15) is 9.18 Å². The molecule has 110 valence electrons. The third-order valence-electron chi connectivity index (χ3n) is 2.60. The Kier molecular flexibility index (Phi) is 5.28. The van der Waals surface area contributed by atoms with Gasteiger partial charge in [0, 0.05) is 0 Å². The number of hydrogen-bond acceptors (Lipinski definition) is 2. The first kappa shape index (κ1) is 15.9. The first-order valence-corrected chi connectivity index (χ1v) is 7.03. The number of halogens is 4. The van der Waals surface area contributed by atoms with Crippen molar-refractivity contribution in [2.45, 2.75) is 0 Å². The predicted octanol–water partition coefficient (Wildman–Crippen LogP) is 4.84. The zero-order valence-corrected chi connectivity index (χ0v) is 12.9. The van der Waals surface area contributed by atoms with E-state index in [2.05, 4.69) is 10.6 Å². The fourth-order valence-electron chi connectivity index (χ4n) is 1.61. The second-order valence-corrected chi connectivity index (χ2v) is 5.34. The molecule has 0 fully saturated rings. The molecule has 0 aliphatic carbocycles. The molecule has 0 unspecified atom stereocenters. The minimum Gasteiger partial charge on any atom is -0.375 e. The van der Waals surface area contributed by atoms with Gasteiger partial charge in [0.25, 0.3) is 0 Å². The Morgan fingerprint density at radius 3 is 2.33 bits per heavy atom. The van der Waals surface area contributed by atoms with E-state index >= 15 is 0 Å². The van der Waals surface area contributed by atoms with Crippen LogP contribution in [0.5, 0.6) is 0 Å². The van der Waals surface area contributed by atoms with E-state index < -0.39 is 5.82 Å². The molecule has 0 saturated heterocycles. The largest absolute Gasteiger partial charge is 0.375 e. The van der Waals surface area contributed by atoms with Crippen LogP contribution in [-0.4, -0.2) is 12.5 Å². The van der Waals surface area contributed by atoms with E-state index in [-0.39, 0.29) is 17.5 Å². The summed E-state index contributed by atoms with van der Waals surface area (Å²) in [5.74, 6) is -0.803. The summed E-state index contributed by atoms with van der Waals surface area (Å²) in [6.45, 7) is -0.0626. The number of benzene rings is 2. The van der Waals surface area contributed by atoms with Crippen LogP contribution in [0.25, 0.3) is 0 Å². The lowest BCUT2D eigenvalue weighted by molar-refractivity contribution is -0.114. The van der Waals surface area contributed by atoms with Crippen molar-refractivity contribution in [3.05, 3.63) is 57.3 Å². The van der Waals surface area contributed by atoms with Crippen LogP contribution in [-0.2, 0) is 4.79 Å². The molecule has 2 N–H and O–H groups in total. The highest BCUT2D eigenvalue weighted by Gasteiger charge is 2.10. The SMILES string of the molecule is O=C(CNc1ccc(F)cc1Cl)Nc1c(Cl)cccc1Cl. The zero-order valence-electron chi connectivity index (χ0n) is 10.6. The molecule has 1 amide bonds. The van der Waals surface area contributed by atoms with E-state index in [1.54, 1.807) is 18.2 Å². The summed E-state index contributed by atoms with van der Waals surface area (Å²) < 4.78 is 12.9. The maximum atomic E-state index is 12.9. The molecular weight excluding hydrogens is 338 g/mol. The Morgan fingerprint density at radius 1 is 1.05 bits per heavy atom. The van der Waals surface area contributed by atoms with Crippen molar-refractivity contribution < 1.29 is 9.18 Å². The van der Waals surface area contributed by atoms with Gasteiger partial charge in [-0.3, -0.25) is 4.79 Å². The molecule has 2 aromatic carbocycles. The van der Waals surface area contributed by atoms with Gasteiger partial charge in [-0.15, -0.1) is 0 Å². The number of amides is 1. The summed E-state index contributed by atoms with van der Waals surface area (Å²) in [5, 5.41) is 6.28. The Balaban J connectivity index is 1.99. The van der Waals surface area contributed by atoms with E-state index in [4.69, 9.17) is 34.8 Å². The van der Waals surface area contributed by atoms with Crippen LogP contribution in [0.2, 0.25) is 15.1 Å². The third kappa shape index (κ3) is 4.24. The van der Waals surface area contributed by atoms with Gasteiger partial charge in [-0.1, -0.05) is 40.9 Å². The van der Waals surface area contributed by atoms with Crippen molar-refractivity contribution in [1.82, 2.24) is 0 Å². The quantitative estimate of drug-likeness (QED) is 0.831. The van der Waals surface area contributed by atoms with Gasteiger partial charge in [0.05, 0.1) is 33.0 Å². The maximum absolute atomic E-state index is 12.9. The predicted molar refractivity (Wildman–Crippen MR) is 85.0 cm³/mol. The van der Waals surface area contributed by atoms with Gasteiger partial charge in [-0.05, 0) is 30.3 Å². The summed E-state index contributed by atoms with van der Waals surface area (Å²) in [6, 6.07) is 8.77. The Hall–Kier alpha value is -1.49. The van der Waals surface area contributed by atoms with E-state index in [1.165, 1.54) is 12.1 Å². The normalized spacial score (nSPS) is 10.3. The van der Waals surface area contributed by atoms with Crippen LogP contribution in [0.1, 0.15) is 0 Å². The highest BCUT2D eigenvalue weighted by Crippen LogP contribution is 2.29. The smallest absolute Gasteiger partial charge is 0.243 e. The summed E-state index contributed by atoms with van der Waals surface area (Å²) in [5.41, 5.74) is 0.802. The van der Waals surface area contributed by atoms with Crippen LogP contribution in [0.15, 0.2) is 36.4 Å². The van der Waals surface area contributed by atoms with Gasteiger partial charge in [0.2, 0.25) is 5.91 Å². The van der Waals surface area contributed by atoms with Gasteiger partial charge < -0.3 is 10.6 Å². The fraction of sp³-hybridized carbons (Fsp3) is 0.0714.